The zero-order valence-corrected chi connectivity index (χ0v) is 24.7. The number of esters is 1. The largest absolute Gasteiger partial charge is 0.467 e. The molecule has 39 heavy (non-hydrogen) atoms. The van der Waals surface area contributed by atoms with Crippen molar-refractivity contribution in [1.29, 1.82) is 0 Å². The van der Waals surface area contributed by atoms with Crippen LogP contribution in [0.15, 0.2) is 36.7 Å². The molecule has 0 unspecified atom stereocenters. The summed E-state index contributed by atoms with van der Waals surface area (Å²) in [5.74, 6) is -0.792. The number of hydrogen-bond acceptors (Lipinski definition) is 7. The molecule has 0 bridgehead atoms. The fourth-order valence-electron chi connectivity index (χ4n) is 3.94. The first-order chi connectivity index (χ1) is 18.4. The number of pyridine rings is 1. The molecule has 0 saturated heterocycles. The second-order valence-electron chi connectivity index (χ2n) is 10.9. The third kappa shape index (κ3) is 8.52. The Kier molecular flexibility index (Phi) is 10.1. The minimum absolute atomic E-state index is 0.0102. The van der Waals surface area contributed by atoms with Crippen molar-refractivity contribution in [2.75, 3.05) is 13.7 Å². The lowest BCUT2D eigenvalue weighted by atomic mass is 10.1. The number of benzene rings is 1. The molecule has 2 aromatic heterocycles. The van der Waals surface area contributed by atoms with Crippen LogP contribution >= 0.6 is 0 Å². The van der Waals surface area contributed by atoms with Gasteiger partial charge in [-0.05, 0) is 56.1 Å². The van der Waals surface area contributed by atoms with Gasteiger partial charge in [0.25, 0.3) is 0 Å². The Morgan fingerprint density at radius 2 is 1.90 bits per heavy atom. The number of aryl methyl sites for hydroxylation is 1. The highest BCUT2D eigenvalue weighted by Gasteiger charge is 2.24. The van der Waals surface area contributed by atoms with Gasteiger partial charge < -0.3 is 28.8 Å². The molecular weight excluding hydrogens is 521 g/mol. The van der Waals surface area contributed by atoms with Crippen molar-refractivity contribution < 1.29 is 32.9 Å². The minimum atomic E-state index is -1.19. The number of aromatic nitrogens is 2. The van der Waals surface area contributed by atoms with E-state index < -0.39 is 32.0 Å². The Bertz CT molecular complexity index is 1300. The second kappa shape index (κ2) is 13.1. The topological polar surface area (TPSA) is 101 Å². The first-order valence-electron chi connectivity index (χ1n) is 12.9. The Hall–Kier alpha value is -3.44. The number of nitrogens with zero attached hydrogens (tertiary/aromatic N) is 2. The van der Waals surface area contributed by atoms with E-state index in [-0.39, 0.29) is 18.3 Å². The number of ether oxygens (including phenoxy) is 4. The molecule has 2 heterocycles. The number of rotatable bonds is 12. The number of amides is 1. The highest BCUT2D eigenvalue weighted by atomic mass is 28.3. The zero-order chi connectivity index (χ0) is 28.7. The molecule has 0 aliphatic carbocycles. The molecule has 9 nitrogen and oxygen atoms in total. The Balaban J connectivity index is 1.75. The molecule has 0 fully saturated rings. The number of carbonyl (C=O) groups excluding carboxylic acids is 2. The first kappa shape index (κ1) is 30.1. The maximum atomic E-state index is 15.1. The van der Waals surface area contributed by atoms with Gasteiger partial charge in [0.15, 0.2) is 11.6 Å². The van der Waals surface area contributed by atoms with Crippen LogP contribution in [-0.4, -0.2) is 55.5 Å². The van der Waals surface area contributed by atoms with Crippen LogP contribution in [0.5, 0.6) is 11.5 Å². The van der Waals surface area contributed by atoms with E-state index in [0.29, 0.717) is 30.3 Å². The molecule has 0 aliphatic heterocycles. The van der Waals surface area contributed by atoms with E-state index in [2.05, 4.69) is 29.9 Å². The van der Waals surface area contributed by atoms with Crippen molar-refractivity contribution in [1.82, 2.24) is 14.9 Å². The van der Waals surface area contributed by atoms with Gasteiger partial charge in [0, 0.05) is 33.5 Å². The molecule has 1 atom stereocenters. The average Bonchev–Trinajstić information content (AvgIpc) is 3.17. The maximum Gasteiger partial charge on any atom is 0.408 e. The third-order valence-corrected chi connectivity index (χ3v) is 7.62. The predicted molar refractivity (Wildman–Crippen MR) is 149 cm³/mol. The molecule has 1 amide bonds. The van der Waals surface area contributed by atoms with Crippen LogP contribution in [0.3, 0.4) is 0 Å². The van der Waals surface area contributed by atoms with Gasteiger partial charge in [0.1, 0.15) is 24.2 Å². The van der Waals surface area contributed by atoms with Crippen LogP contribution in [0.4, 0.5) is 9.18 Å². The normalized spacial score (nSPS) is 12.4. The maximum absolute atomic E-state index is 15.1. The average molecular weight is 560 g/mol. The van der Waals surface area contributed by atoms with Crippen molar-refractivity contribution >= 4 is 31.2 Å². The van der Waals surface area contributed by atoms with Crippen molar-refractivity contribution in [3.05, 3.63) is 53.6 Å². The zero-order valence-electron chi connectivity index (χ0n) is 23.7. The molecule has 0 radical (unpaired) electrons. The highest BCUT2D eigenvalue weighted by molar-refractivity contribution is 6.76. The molecule has 1 N–H and O–H groups in total. The summed E-state index contributed by atoms with van der Waals surface area (Å²) in [5, 5.41) is 3.24. The lowest BCUT2D eigenvalue weighted by molar-refractivity contribution is -0.143. The fraction of sp³-hybridized carbons (Fsp3) is 0.464. The van der Waals surface area contributed by atoms with Gasteiger partial charge in [-0.25, -0.2) is 19.0 Å². The molecule has 11 heteroatoms. The van der Waals surface area contributed by atoms with Crippen LogP contribution < -0.4 is 10.1 Å². The Morgan fingerprint density at radius 3 is 2.54 bits per heavy atom. The van der Waals surface area contributed by atoms with E-state index in [4.69, 9.17) is 18.9 Å². The van der Waals surface area contributed by atoms with Gasteiger partial charge in [-0.3, -0.25) is 0 Å². The van der Waals surface area contributed by atoms with Gasteiger partial charge in [-0.2, -0.15) is 0 Å². The molecular formula is C28H38FN3O6Si. The summed E-state index contributed by atoms with van der Waals surface area (Å²) in [7, 11) is 0.0265. The number of fused-ring (bicyclic) bond motifs is 1. The molecule has 1 aromatic carbocycles. The second-order valence-corrected chi connectivity index (χ2v) is 16.5. The number of hydrogen-bond donors (Lipinski definition) is 1. The SMILES string of the molecule is COC(=O)[C@H](Cc1ccc(Oc2ccnc3c2c(C)cn3COCC[Si](C)(C)C)c(F)c1)NC(=O)OC(C)C. The van der Waals surface area contributed by atoms with Crippen molar-refractivity contribution in [3.8, 4) is 11.5 Å². The summed E-state index contributed by atoms with van der Waals surface area (Å²) in [6.07, 6.45) is 2.45. The standard InChI is InChI=1S/C28H38FN3O6Si/c1-18(2)37-28(34)31-22(27(33)35-4)15-20-8-9-23(21(29)14-20)38-24-10-11-30-26-25(24)19(3)16-32(26)17-36-12-13-39(5,6)7/h8-11,14,16,18,22H,12-13,15,17H2,1-7H3,(H,31,34)/t22-/m0/s1. The summed E-state index contributed by atoms with van der Waals surface area (Å²) in [5.41, 5.74) is 2.09. The number of nitrogens with one attached hydrogen (secondary N) is 1. The van der Waals surface area contributed by atoms with Gasteiger partial charge in [0.2, 0.25) is 0 Å². The molecule has 212 valence electrons. The minimum Gasteiger partial charge on any atom is -0.467 e. The third-order valence-electron chi connectivity index (χ3n) is 5.91. The highest BCUT2D eigenvalue weighted by Crippen LogP contribution is 2.33. The fourth-order valence-corrected chi connectivity index (χ4v) is 4.70. The number of alkyl carbamates (subject to hydrolysis) is 1. The smallest absolute Gasteiger partial charge is 0.408 e. The summed E-state index contributed by atoms with van der Waals surface area (Å²) in [4.78, 5) is 28.7. The summed E-state index contributed by atoms with van der Waals surface area (Å²) >= 11 is 0. The van der Waals surface area contributed by atoms with Gasteiger partial charge in [-0.15, -0.1) is 0 Å². The summed E-state index contributed by atoms with van der Waals surface area (Å²) < 4.78 is 38.7. The van der Waals surface area contributed by atoms with Gasteiger partial charge >= 0.3 is 12.1 Å². The van der Waals surface area contributed by atoms with Crippen molar-refractivity contribution in [2.45, 2.75) is 71.8 Å². The molecule has 0 aliphatic rings. The van der Waals surface area contributed by atoms with Crippen LogP contribution in [0.1, 0.15) is 25.0 Å². The quantitative estimate of drug-likeness (QED) is 0.170. The Labute approximate surface area is 229 Å². The first-order valence-corrected chi connectivity index (χ1v) is 16.6. The number of halogens is 1. The molecule has 0 spiro atoms. The van der Waals surface area contributed by atoms with Gasteiger partial charge in [-0.1, -0.05) is 25.7 Å². The molecule has 3 aromatic rings. The van der Waals surface area contributed by atoms with Crippen LogP contribution in [-0.2, 0) is 32.2 Å². The van der Waals surface area contributed by atoms with Crippen LogP contribution in [0.2, 0.25) is 25.7 Å². The lowest BCUT2D eigenvalue weighted by Crippen LogP contribution is -2.43. The van der Waals surface area contributed by atoms with E-state index in [1.165, 1.54) is 19.2 Å². The van der Waals surface area contributed by atoms with E-state index >= 15 is 4.39 Å². The number of carbonyl (C=O) groups is 2. The lowest BCUT2D eigenvalue weighted by Gasteiger charge is -2.18. The van der Waals surface area contributed by atoms with E-state index in [0.717, 1.165) is 17.0 Å². The summed E-state index contributed by atoms with van der Waals surface area (Å²) in [6.45, 7) is 13.3. The molecule has 3 rings (SSSR count). The predicted octanol–water partition coefficient (Wildman–Crippen LogP) is 5.81. The summed E-state index contributed by atoms with van der Waals surface area (Å²) in [6, 6.07) is 6.11. The number of methoxy groups -OCH3 is 1. The van der Waals surface area contributed by atoms with E-state index in [1.54, 1.807) is 32.2 Å². The van der Waals surface area contributed by atoms with Crippen LogP contribution in [0, 0.1) is 12.7 Å². The van der Waals surface area contributed by atoms with E-state index in [9.17, 15) is 9.59 Å². The van der Waals surface area contributed by atoms with Crippen molar-refractivity contribution in [2.24, 2.45) is 0 Å². The van der Waals surface area contributed by atoms with Crippen LogP contribution in [0.25, 0.3) is 11.0 Å². The Morgan fingerprint density at radius 1 is 1.15 bits per heavy atom. The van der Waals surface area contributed by atoms with E-state index in [1.807, 2.05) is 17.7 Å². The van der Waals surface area contributed by atoms with Crippen molar-refractivity contribution in [3.63, 3.8) is 0 Å². The molecule has 0 saturated carbocycles. The monoisotopic (exact) mass is 559 g/mol. The van der Waals surface area contributed by atoms with Gasteiger partial charge in [0.05, 0.1) is 18.6 Å².